The van der Waals surface area contributed by atoms with Crippen molar-refractivity contribution in [3.05, 3.63) is 53.6 Å². The van der Waals surface area contributed by atoms with Gasteiger partial charge in [0.05, 0.1) is 27.2 Å². The van der Waals surface area contributed by atoms with E-state index in [4.69, 9.17) is 19.9 Å². The summed E-state index contributed by atoms with van der Waals surface area (Å²) in [5.41, 5.74) is 6.93. The number of hydrogen-bond donors (Lipinski definition) is 2. The molecule has 0 heterocycles. The Morgan fingerprint density at radius 3 is 2.08 bits per heavy atom. The predicted molar refractivity (Wildman–Crippen MR) is 154 cm³/mol. The molecule has 4 amide bonds. The van der Waals surface area contributed by atoms with Crippen molar-refractivity contribution in [2.75, 3.05) is 27.9 Å². The maximum absolute atomic E-state index is 14.5. The van der Waals surface area contributed by atoms with Crippen LogP contribution in [0.4, 0.5) is 4.79 Å². The molecule has 3 rings (SSSR count). The van der Waals surface area contributed by atoms with E-state index in [0.717, 1.165) is 44.9 Å². The second kappa shape index (κ2) is 15.1. The van der Waals surface area contributed by atoms with Crippen LogP contribution in [0.15, 0.2) is 42.5 Å². The minimum Gasteiger partial charge on any atom is -0.493 e. The van der Waals surface area contributed by atoms with Gasteiger partial charge in [0, 0.05) is 6.54 Å². The quantitative estimate of drug-likeness (QED) is 0.324. The van der Waals surface area contributed by atoms with E-state index in [1.807, 2.05) is 6.07 Å². The molecule has 2 atom stereocenters. The van der Waals surface area contributed by atoms with E-state index in [9.17, 15) is 14.4 Å². The van der Waals surface area contributed by atoms with E-state index in [1.165, 1.54) is 26.2 Å². The zero-order chi connectivity index (χ0) is 29.1. The highest BCUT2D eigenvalue weighted by molar-refractivity contribution is 5.99. The lowest BCUT2D eigenvalue weighted by Crippen LogP contribution is -2.50. The SMILES string of the molecule is CCCCCN(C(=O)N[C@@H](C(N)=O)c1ccccc1)C(=O)C(c1cc(OC)c(OC)c(OC)c1)C1CCCCC1. The van der Waals surface area contributed by atoms with Crippen molar-refractivity contribution in [2.45, 2.75) is 70.3 Å². The number of nitrogens with zero attached hydrogens (tertiary/aromatic N) is 1. The van der Waals surface area contributed by atoms with Crippen LogP contribution in [0.25, 0.3) is 0 Å². The second-order valence-electron chi connectivity index (χ2n) is 10.2. The Labute approximate surface area is 237 Å². The first-order chi connectivity index (χ1) is 19.4. The molecule has 0 bridgehead atoms. The topological polar surface area (TPSA) is 120 Å². The highest BCUT2D eigenvalue weighted by Crippen LogP contribution is 2.44. The van der Waals surface area contributed by atoms with Gasteiger partial charge in [-0.05, 0) is 48.4 Å². The van der Waals surface area contributed by atoms with Gasteiger partial charge in [0.25, 0.3) is 0 Å². The number of carbonyl (C=O) groups is 3. The first kappa shape index (κ1) is 30.8. The number of amides is 4. The van der Waals surface area contributed by atoms with Crippen LogP contribution in [0.2, 0.25) is 0 Å². The van der Waals surface area contributed by atoms with Crippen molar-refractivity contribution in [2.24, 2.45) is 11.7 Å². The van der Waals surface area contributed by atoms with Gasteiger partial charge in [-0.15, -0.1) is 0 Å². The summed E-state index contributed by atoms with van der Waals surface area (Å²) in [6.07, 6.45) is 7.30. The van der Waals surface area contributed by atoms with Crippen LogP contribution < -0.4 is 25.3 Å². The number of primary amides is 1. The molecule has 2 aromatic carbocycles. The van der Waals surface area contributed by atoms with Gasteiger partial charge in [-0.25, -0.2) is 4.79 Å². The van der Waals surface area contributed by atoms with Crippen LogP contribution in [0.3, 0.4) is 0 Å². The molecule has 9 heteroatoms. The number of nitrogens with one attached hydrogen (secondary N) is 1. The molecule has 2 aromatic rings. The summed E-state index contributed by atoms with van der Waals surface area (Å²) in [6, 6.07) is 10.7. The van der Waals surface area contributed by atoms with Crippen molar-refractivity contribution in [3.8, 4) is 17.2 Å². The van der Waals surface area contributed by atoms with Crippen molar-refractivity contribution < 1.29 is 28.6 Å². The van der Waals surface area contributed by atoms with Gasteiger partial charge in [0.1, 0.15) is 6.04 Å². The maximum atomic E-state index is 14.5. The third-order valence-electron chi connectivity index (χ3n) is 7.62. The Morgan fingerprint density at radius 1 is 0.925 bits per heavy atom. The van der Waals surface area contributed by atoms with E-state index >= 15 is 0 Å². The zero-order valence-corrected chi connectivity index (χ0v) is 24.1. The number of nitrogens with two attached hydrogens (primary N) is 1. The fourth-order valence-corrected chi connectivity index (χ4v) is 5.53. The average molecular weight is 554 g/mol. The van der Waals surface area contributed by atoms with Crippen molar-refractivity contribution in [1.82, 2.24) is 10.2 Å². The van der Waals surface area contributed by atoms with Crippen LogP contribution in [0.1, 0.15) is 81.4 Å². The number of hydrogen-bond acceptors (Lipinski definition) is 6. The molecule has 0 spiro atoms. The number of carbonyl (C=O) groups excluding carboxylic acids is 3. The third kappa shape index (κ3) is 7.46. The Balaban J connectivity index is 2.04. The van der Waals surface area contributed by atoms with E-state index in [1.54, 1.807) is 36.4 Å². The van der Waals surface area contributed by atoms with Gasteiger partial charge >= 0.3 is 6.03 Å². The van der Waals surface area contributed by atoms with Crippen molar-refractivity contribution in [1.29, 1.82) is 0 Å². The number of imide groups is 1. The Bertz CT molecular complexity index is 1110. The lowest BCUT2D eigenvalue weighted by Gasteiger charge is -2.34. The van der Waals surface area contributed by atoms with Crippen LogP contribution in [-0.2, 0) is 9.59 Å². The summed E-state index contributed by atoms with van der Waals surface area (Å²) in [6.45, 7) is 2.29. The summed E-state index contributed by atoms with van der Waals surface area (Å²) in [4.78, 5) is 41.8. The highest BCUT2D eigenvalue weighted by atomic mass is 16.5. The molecule has 3 N–H and O–H groups in total. The smallest absolute Gasteiger partial charge is 0.325 e. The standard InChI is InChI=1S/C31H43N3O6/c1-5-6-13-18-34(31(37)33-27(29(32)35)22-16-11-8-12-17-22)30(36)26(21-14-9-7-10-15-21)23-19-24(38-2)28(40-4)25(20-23)39-3/h8,11-12,16-17,19-21,26-27H,5-7,9-10,13-15,18H2,1-4H3,(H2,32,35)(H,33,37)/t26?,27-/m1/s1. The summed E-state index contributed by atoms with van der Waals surface area (Å²) in [5, 5.41) is 2.74. The van der Waals surface area contributed by atoms with E-state index < -0.39 is 23.9 Å². The number of rotatable bonds is 13. The number of unbranched alkanes of at least 4 members (excludes halogenated alkanes) is 2. The lowest BCUT2D eigenvalue weighted by atomic mass is 9.76. The van der Waals surface area contributed by atoms with Crippen molar-refractivity contribution in [3.63, 3.8) is 0 Å². The van der Waals surface area contributed by atoms with Gasteiger partial charge in [-0.3, -0.25) is 14.5 Å². The van der Waals surface area contributed by atoms with Crippen LogP contribution in [-0.4, -0.2) is 50.6 Å². The Kier molecular flexibility index (Phi) is 11.7. The molecule has 0 aromatic heterocycles. The molecule has 1 fully saturated rings. The summed E-state index contributed by atoms with van der Waals surface area (Å²) in [7, 11) is 4.61. The van der Waals surface area contributed by atoms with Gasteiger partial charge in [-0.2, -0.15) is 0 Å². The largest absolute Gasteiger partial charge is 0.493 e. The number of ether oxygens (including phenoxy) is 3. The first-order valence-electron chi connectivity index (χ1n) is 14.1. The Hall–Kier alpha value is -3.75. The zero-order valence-electron chi connectivity index (χ0n) is 24.1. The number of benzene rings is 2. The molecule has 0 aliphatic heterocycles. The van der Waals surface area contributed by atoms with Gasteiger partial charge in [0.15, 0.2) is 11.5 Å². The van der Waals surface area contributed by atoms with Gasteiger partial charge in [0.2, 0.25) is 17.6 Å². The fraction of sp³-hybridized carbons (Fsp3) is 0.516. The summed E-state index contributed by atoms with van der Waals surface area (Å²) >= 11 is 0. The van der Waals surface area contributed by atoms with Gasteiger partial charge < -0.3 is 25.3 Å². The molecule has 9 nitrogen and oxygen atoms in total. The molecule has 218 valence electrons. The van der Waals surface area contributed by atoms with Crippen LogP contribution >= 0.6 is 0 Å². The number of urea groups is 1. The minimum atomic E-state index is -1.07. The molecule has 0 saturated heterocycles. The molecule has 40 heavy (non-hydrogen) atoms. The molecule has 1 unspecified atom stereocenters. The van der Waals surface area contributed by atoms with Crippen LogP contribution in [0, 0.1) is 5.92 Å². The third-order valence-corrected chi connectivity index (χ3v) is 7.62. The first-order valence-corrected chi connectivity index (χ1v) is 14.1. The fourth-order valence-electron chi connectivity index (χ4n) is 5.53. The van der Waals surface area contributed by atoms with E-state index in [-0.39, 0.29) is 18.4 Å². The molecule has 1 aliphatic rings. The average Bonchev–Trinajstić information content (AvgIpc) is 2.98. The van der Waals surface area contributed by atoms with Crippen LogP contribution in [0.5, 0.6) is 17.2 Å². The summed E-state index contributed by atoms with van der Waals surface area (Å²) in [5.74, 6) is -0.249. The van der Waals surface area contributed by atoms with Crippen molar-refractivity contribution >= 4 is 17.8 Å². The Morgan fingerprint density at radius 2 is 1.55 bits per heavy atom. The predicted octanol–water partition coefficient (Wildman–Crippen LogP) is 5.33. The second-order valence-corrected chi connectivity index (χ2v) is 10.2. The molecule has 1 saturated carbocycles. The molecular formula is C31H43N3O6. The highest BCUT2D eigenvalue weighted by Gasteiger charge is 2.38. The molecular weight excluding hydrogens is 510 g/mol. The monoisotopic (exact) mass is 553 g/mol. The molecule has 1 aliphatic carbocycles. The van der Waals surface area contributed by atoms with Gasteiger partial charge in [-0.1, -0.05) is 69.4 Å². The summed E-state index contributed by atoms with van der Waals surface area (Å²) < 4.78 is 16.7. The normalized spacial score (nSPS) is 15.0. The lowest BCUT2D eigenvalue weighted by molar-refractivity contribution is -0.132. The number of methoxy groups -OCH3 is 3. The molecule has 0 radical (unpaired) electrons. The maximum Gasteiger partial charge on any atom is 0.325 e. The minimum absolute atomic E-state index is 0.0339. The van der Waals surface area contributed by atoms with E-state index in [2.05, 4.69) is 12.2 Å². The van der Waals surface area contributed by atoms with E-state index in [0.29, 0.717) is 34.8 Å².